The summed E-state index contributed by atoms with van der Waals surface area (Å²) in [4.78, 5) is 19.3. The molecule has 0 spiro atoms. The fourth-order valence-electron chi connectivity index (χ4n) is 4.13. The molecule has 0 unspecified atom stereocenters. The highest BCUT2D eigenvalue weighted by molar-refractivity contribution is 5.97. The van der Waals surface area contributed by atoms with Crippen molar-refractivity contribution in [2.75, 3.05) is 37.4 Å². The van der Waals surface area contributed by atoms with Gasteiger partial charge in [0.2, 0.25) is 5.91 Å². The summed E-state index contributed by atoms with van der Waals surface area (Å²) in [5, 5.41) is 6.55. The molecule has 1 aliphatic carbocycles. The van der Waals surface area contributed by atoms with Crippen LogP contribution in [-0.2, 0) is 4.79 Å². The smallest absolute Gasteiger partial charge is 0.297 e. The van der Waals surface area contributed by atoms with Crippen LogP contribution in [0.2, 0.25) is 0 Å². The number of aromatic nitrogens is 1. The predicted molar refractivity (Wildman–Crippen MR) is 109 cm³/mol. The molecule has 1 aliphatic heterocycles. The van der Waals surface area contributed by atoms with Crippen molar-refractivity contribution in [1.29, 1.82) is 0 Å². The topological polar surface area (TPSA) is 70.4 Å². The Balaban J connectivity index is 0.00000121. The summed E-state index contributed by atoms with van der Waals surface area (Å²) in [7, 11) is 3.78. The monoisotopic (exact) mass is 400 g/mol. The maximum absolute atomic E-state index is 13.0. The number of fused-ring (bicyclic) bond motifs is 2. The number of carbonyl (C=O) groups is 1. The van der Waals surface area contributed by atoms with Crippen molar-refractivity contribution in [3.05, 3.63) is 18.2 Å². The summed E-state index contributed by atoms with van der Waals surface area (Å²) in [6.07, 6.45) is 4.50. The molecule has 1 amide bonds. The second-order valence-corrected chi connectivity index (χ2v) is 7.26. The third-order valence-corrected chi connectivity index (χ3v) is 5.51. The molecule has 144 valence electrons. The van der Waals surface area contributed by atoms with E-state index in [9.17, 15) is 4.79 Å². The molecule has 2 aromatic rings. The van der Waals surface area contributed by atoms with Crippen molar-refractivity contribution < 1.29 is 9.21 Å². The number of amides is 1. The second-order valence-electron chi connectivity index (χ2n) is 7.26. The van der Waals surface area contributed by atoms with Crippen molar-refractivity contribution in [2.45, 2.75) is 25.7 Å². The highest BCUT2D eigenvalue weighted by Crippen LogP contribution is 2.44. The highest BCUT2D eigenvalue weighted by Gasteiger charge is 2.49. The third-order valence-electron chi connectivity index (χ3n) is 5.51. The van der Waals surface area contributed by atoms with Crippen molar-refractivity contribution in [3.8, 4) is 0 Å². The standard InChI is InChI=1S/C18H24N4O2.2ClH/c1-22(2)17-21-14-9-13(6-7-15(14)24-17)20-16(23)18-8-4-3-5-12(18)10-19-11-18;;/h6-7,9,12,19H,3-5,8,10-11H2,1-2H3,(H,20,23);2*1H/t12-,18+;;/m0../s1. The van der Waals surface area contributed by atoms with Gasteiger partial charge in [-0.05, 0) is 43.5 Å². The maximum Gasteiger partial charge on any atom is 0.297 e. The molecule has 4 rings (SSSR count). The average molecular weight is 401 g/mol. The van der Waals surface area contributed by atoms with Gasteiger partial charge in [-0.1, -0.05) is 12.8 Å². The molecule has 6 nitrogen and oxygen atoms in total. The number of anilines is 2. The summed E-state index contributed by atoms with van der Waals surface area (Å²) in [5.41, 5.74) is 2.04. The summed E-state index contributed by atoms with van der Waals surface area (Å²) >= 11 is 0. The lowest BCUT2D eigenvalue weighted by Gasteiger charge is -2.37. The lowest BCUT2D eigenvalue weighted by atomic mass is 9.67. The maximum atomic E-state index is 13.0. The van der Waals surface area contributed by atoms with Gasteiger partial charge in [-0.15, -0.1) is 24.8 Å². The fourth-order valence-corrected chi connectivity index (χ4v) is 4.13. The van der Waals surface area contributed by atoms with Gasteiger partial charge in [0.25, 0.3) is 6.01 Å². The third kappa shape index (κ3) is 3.50. The number of nitrogens with zero attached hydrogens (tertiary/aromatic N) is 2. The Kier molecular flexibility index (Phi) is 6.42. The van der Waals surface area contributed by atoms with Gasteiger partial charge in [-0.25, -0.2) is 0 Å². The zero-order chi connectivity index (χ0) is 16.7. The van der Waals surface area contributed by atoms with Gasteiger partial charge in [0, 0.05) is 26.3 Å². The SMILES string of the molecule is CN(C)c1nc2cc(NC(=O)[C@@]34CCCC[C@H]3CNC4)ccc2o1.Cl.Cl. The van der Waals surface area contributed by atoms with E-state index >= 15 is 0 Å². The number of hydrogen-bond donors (Lipinski definition) is 2. The summed E-state index contributed by atoms with van der Waals surface area (Å²) in [6, 6.07) is 6.22. The van der Waals surface area contributed by atoms with Crippen LogP contribution in [0.4, 0.5) is 11.7 Å². The van der Waals surface area contributed by atoms with Gasteiger partial charge in [0.1, 0.15) is 5.52 Å². The average Bonchev–Trinajstić information content (AvgIpc) is 3.19. The van der Waals surface area contributed by atoms with Crippen LogP contribution in [0, 0.1) is 11.3 Å². The molecule has 1 saturated heterocycles. The van der Waals surface area contributed by atoms with Crippen molar-refractivity contribution in [1.82, 2.24) is 10.3 Å². The molecule has 2 atom stereocenters. The van der Waals surface area contributed by atoms with E-state index in [0.717, 1.165) is 49.1 Å². The number of halogens is 2. The first kappa shape index (κ1) is 20.8. The number of benzene rings is 1. The fraction of sp³-hybridized carbons (Fsp3) is 0.556. The summed E-state index contributed by atoms with van der Waals surface area (Å²) in [6.45, 7) is 1.75. The largest absolute Gasteiger partial charge is 0.423 e. The Morgan fingerprint density at radius 2 is 2.15 bits per heavy atom. The molecular formula is C18H26Cl2N4O2. The van der Waals surface area contributed by atoms with Crippen molar-refractivity contribution >= 4 is 53.5 Å². The minimum atomic E-state index is -0.244. The van der Waals surface area contributed by atoms with Crippen LogP contribution >= 0.6 is 24.8 Å². The number of nitrogens with one attached hydrogen (secondary N) is 2. The van der Waals surface area contributed by atoms with Gasteiger partial charge in [0.05, 0.1) is 5.41 Å². The number of hydrogen-bond acceptors (Lipinski definition) is 5. The normalized spacial score (nSPS) is 24.3. The van der Waals surface area contributed by atoms with Gasteiger partial charge in [-0.2, -0.15) is 4.98 Å². The van der Waals surface area contributed by atoms with Crippen molar-refractivity contribution in [2.24, 2.45) is 11.3 Å². The molecular weight excluding hydrogens is 375 g/mol. The summed E-state index contributed by atoms with van der Waals surface area (Å²) < 4.78 is 5.67. The zero-order valence-electron chi connectivity index (χ0n) is 15.1. The van der Waals surface area contributed by atoms with E-state index in [-0.39, 0.29) is 36.1 Å². The molecule has 1 saturated carbocycles. The number of oxazole rings is 1. The Labute approximate surface area is 165 Å². The van der Waals surface area contributed by atoms with Gasteiger partial charge < -0.3 is 20.0 Å². The second kappa shape index (κ2) is 8.03. The quantitative estimate of drug-likeness (QED) is 0.825. The van der Waals surface area contributed by atoms with E-state index in [0.29, 0.717) is 11.9 Å². The first-order chi connectivity index (χ1) is 11.6. The molecule has 1 aromatic heterocycles. The Morgan fingerprint density at radius 1 is 1.35 bits per heavy atom. The van der Waals surface area contributed by atoms with Crippen LogP contribution in [-0.4, -0.2) is 38.1 Å². The molecule has 2 heterocycles. The number of carbonyl (C=O) groups excluding carboxylic acids is 1. The van der Waals surface area contributed by atoms with E-state index in [1.54, 1.807) is 0 Å². The molecule has 1 aromatic carbocycles. The molecule has 2 N–H and O–H groups in total. The molecule has 2 aliphatic rings. The van der Waals surface area contributed by atoms with Gasteiger partial charge in [-0.3, -0.25) is 4.79 Å². The molecule has 2 fully saturated rings. The van der Waals surface area contributed by atoms with E-state index in [1.807, 2.05) is 37.2 Å². The first-order valence-corrected chi connectivity index (χ1v) is 8.69. The molecule has 26 heavy (non-hydrogen) atoms. The predicted octanol–water partition coefficient (Wildman–Crippen LogP) is 3.46. The molecule has 0 radical (unpaired) electrons. The Bertz CT molecular complexity index is 780. The minimum Gasteiger partial charge on any atom is -0.423 e. The first-order valence-electron chi connectivity index (χ1n) is 8.69. The van der Waals surface area contributed by atoms with E-state index < -0.39 is 0 Å². The van der Waals surface area contributed by atoms with Crippen LogP contribution in [0.1, 0.15) is 25.7 Å². The number of rotatable bonds is 3. The molecule has 8 heteroatoms. The van der Waals surface area contributed by atoms with E-state index in [4.69, 9.17) is 4.42 Å². The minimum absolute atomic E-state index is 0. The van der Waals surface area contributed by atoms with Crippen LogP contribution in [0.25, 0.3) is 11.1 Å². The molecule has 0 bridgehead atoms. The Morgan fingerprint density at radius 3 is 2.92 bits per heavy atom. The van der Waals surface area contributed by atoms with Crippen LogP contribution in [0.5, 0.6) is 0 Å². The van der Waals surface area contributed by atoms with Gasteiger partial charge in [0.15, 0.2) is 5.58 Å². The van der Waals surface area contributed by atoms with Crippen molar-refractivity contribution in [3.63, 3.8) is 0 Å². The zero-order valence-corrected chi connectivity index (χ0v) is 16.7. The van der Waals surface area contributed by atoms with E-state index in [2.05, 4.69) is 15.6 Å². The Hall–Kier alpha value is -1.50. The van der Waals surface area contributed by atoms with E-state index in [1.165, 1.54) is 6.42 Å². The highest BCUT2D eigenvalue weighted by atomic mass is 35.5. The lowest BCUT2D eigenvalue weighted by Crippen LogP contribution is -2.44. The summed E-state index contributed by atoms with van der Waals surface area (Å²) in [5.74, 6) is 0.607. The van der Waals surface area contributed by atoms with Crippen LogP contribution in [0.3, 0.4) is 0 Å². The van der Waals surface area contributed by atoms with Gasteiger partial charge >= 0.3 is 0 Å². The lowest BCUT2D eigenvalue weighted by molar-refractivity contribution is -0.128. The van der Waals surface area contributed by atoms with Crippen LogP contribution < -0.4 is 15.5 Å². The van der Waals surface area contributed by atoms with Crippen LogP contribution in [0.15, 0.2) is 22.6 Å².